The fourth-order valence-corrected chi connectivity index (χ4v) is 4.16. The van der Waals surface area contributed by atoms with Gasteiger partial charge in [-0.1, -0.05) is 31.2 Å². The fraction of sp³-hybridized carbons (Fsp3) is 0.333. The van der Waals surface area contributed by atoms with E-state index < -0.39 is 10.0 Å². The Hall–Kier alpha value is -2.87. The Balaban J connectivity index is 1.37. The Bertz CT molecular complexity index is 1000. The number of nitrogens with zero attached hydrogens (tertiary/aromatic N) is 1. The Kier molecular flexibility index (Phi) is 6.87. The number of hydrogen-bond acceptors (Lipinski definition) is 6. The Morgan fingerprint density at radius 3 is 2.76 bits per heavy atom. The Morgan fingerprint density at radius 2 is 1.93 bits per heavy atom. The van der Waals surface area contributed by atoms with Gasteiger partial charge in [0.25, 0.3) is 10.0 Å². The van der Waals surface area contributed by atoms with E-state index in [-0.39, 0.29) is 23.9 Å². The molecule has 2 aromatic carbocycles. The smallest absolute Gasteiger partial charge is 0.305 e. The summed E-state index contributed by atoms with van der Waals surface area (Å²) in [5.74, 6) is 0.746. The van der Waals surface area contributed by atoms with E-state index >= 15 is 0 Å². The van der Waals surface area contributed by atoms with E-state index in [0.29, 0.717) is 31.0 Å². The van der Waals surface area contributed by atoms with Crippen LogP contribution >= 0.6 is 0 Å². The Labute approximate surface area is 170 Å². The molecule has 0 unspecified atom stereocenters. The van der Waals surface area contributed by atoms with E-state index in [9.17, 15) is 13.2 Å². The van der Waals surface area contributed by atoms with Gasteiger partial charge in [0.2, 0.25) is 0 Å². The zero-order valence-corrected chi connectivity index (χ0v) is 17.1. The largest absolute Gasteiger partial charge is 0.490 e. The number of rotatable bonds is 9. The first-order chi connectivity index (χ1) is 14.0. The number of hydrogen-bond donors (Lipinski definition) is 1. The van der Waals surface area contributed by atoms with Gasteiger partial charge in [0.15, 0.2) is 0 Å². The van der Waals surface area contributed by atoms with Crippen molar-refractivity contribution in [1.82, 2.24) is 4.72 Å². The first-order valence-corrected chi connectivity index (χ1v) is 11.0. The molecule has 3 rings (SSSR count). The van der Waals surface area contributed by atoms with Crippen LogP contribution in [0.1, 0.15) is 30.9 Å². The maximum atomic E-state index is 12.0. The highest BCUT2D eigenvalue weighted by Gasteiger charge is 2.29. The maximum absolute atomic E-state index is 12.0. The highest BCUT2D eigenvalue weighted by Crippen LogP contribution is 2.22. The van der Waals surface area contributed by atoms with Gasteiger partial charge >= 0.3 is 5.97 Å². The van der Waals surface area contributed by atoms with Gasteiger partial charge in [-0.3, -0.25) is 14.5 Å². The summed E-state index contributed by atoms with van der Waals surface area (Å²) in [5.41, 5.74) is 1.74. The first kappa shape index (κ1) is 20.9. The molecule has 0 aliphatic carbocycles. The number of nitrogens with one attached hydrogen (secondary N) is 1. The number of fused-ring (bicyclic) bond motifs is 1. The molecular formula is C21H24N2O5S. The topological polar surface area (TPSA) is 94.1 Å². The lowest BCUT2D eigenvalue weighted by Gasteiger charge is -2.08. The minimum absolute atomic E-state index is 0.177. The molecule has 154 valence electrons. The standard InChI is InChI=1S/C21H24N2O5S/c1-2-16-7-5-8-17(15-16)27-13-14-28-20(24)11-6-12-22-21-18-9-3-4-10-19(18)29(25,26)23-21/h3-5,7-10,15H,2,6,11-14H2,1H3,(H,22,23). The molecule has 7 nitrogen and oxygen atoms in total. The lowest BCUT2D eigenvalue weighted by molar-refractivity contribution is -0.144. The molecule has 0 bridgehead atoms. The fourth-order valence-electron chi connectivity index (χ4n) is 2.91. The van der Waals surface area contributed by atoms with E-state index in [2.05, 4.69) is 16.6 Å². The monoisotopic (exact) mass is 416 g/mol. The number of amidine groups is 1. The van der Waals surface area contributed by atoms with Crippen LogP contribution in [0.4, 0.5) is 0 Å². The molecule has 1 aliphatic rings. The summed E-state index contributed by atoms with van der Waals surface area (Å²) < 4.78 is 37.2. The summed E-state index contributed by atoms with van der Waals surface area (Å²) in [5, 5.41) is 0. The van der Waals surface area contributed by atoms with Crippen molar-refractivity contribution in [1.29, 1.82) is 0 Å². The van der Waals surface area contributed by atoms with Gasteiger partial charge in [0, 0.05) is 18.5 Å². The molecule has 0 radical (unpaired) electrons. The van der Waals surface area contributed by atoms with Crippen molar-refractivity contribution in [2.45, 2.75) is 31.1 Å². The zero-order valence-electron chi connectivity index (χ0n) is 16.3. The molecular weight excluding hydrogens is 392 g/mol. The lowest BCUT2D eigenvalue weighted by Crippen LogP contribution is -2.22. The number of aliphatic imine (C=N–C) groups is 1. The van der Waals surface area contributed by atoms with Crippen molar-refractivity contribution < 1.29 is 22.7 Å². The lowest BCUT2D eigenvalue weighted by atomic mass is 10.2. The number of esters is 1. The van der Waals surface area contributed by atoms with Gasteiger partial charge in [0.05, 0.1) is 4.90 Å². The number of ether oxygens (including phenoxy) is 2. The summed E-state index contributed by atoms with van der Waals surface area (Å²) in [7, 11) is -3.54. The van der Waals surface area contributed by atoms with Gasteiger partial charge in [-0.05, 0) is 42.7 Å². The molecule has 2 aromatic rings. The second kappa shape index (κ2) is 9.56. The van der Waals surface area contributed by atoms with Gasteiger partial charge in [0.1, 0.15) is 24.8 Å². The van der Waals surface area contributed by atoms with Gasteiger partial charge in [-0.2, -0.15) is 0 Å². The average molecular weight is 416 g/mol. The number of carbonyl (C=O) groups is 1. The van der Waals surface area contributed by atoms with Gasteiger partial charge in [-0.25, -0.2) is 8.42 Å². The SMILES string of the molecule is CCc1cccc(OCCOC(=O)CCCN=C2NS(=O)(=O)c3ccccc32)c1. The minimum Gasteiger partial charge on any atom is -0.490 e. The summed E-state index contributed by atoms with van der Waals surface area (Å²) >= 11 is 0. The van der Waals surface area contributed by atoms with E-state index in [4.69, 9.17) is 9.47 Å². The molecule has 1 heterocycles. The summed E-state index contributed by atoms with van der Waals surface area (Å²) in [6.45, 7) is 2.87. The molecule has 0 atom stereocenters. The molecule has 0 amide bonds. The second-order valence-electron chi connectivity index (χ2n) is 6.51. The molecule has 1 aliphatic heterocycles. The molecule has 0 saturated heterocycles. The van der Waals surface area contributed by atoms with Crippen LogP contribution in [-0.4, -0.2) is 40.0 Å². The number of benzene rings is 2. The zero-order chi connectivity index (χ0) is 20.7. The third kappa shape index (κ3) is 5.57. The van der Waals surface area contributed by atoms with E-state index in [1.165, 1.54) is 11.6 Å². The quantitative estimate of drug-likeness (QED) is 0.501. The van der Waals surface area contributed by atoms with Crippen molar-refractivity contribution in [2.75, 3.05) is 19.8 Å². The van der Waals surface area contributed by atoms with Crippen molar-refractivity contribution in [2.24, 2.45) is 4.99 Å². The third-order valence-corrected chi connectivity index (χ3v) is 5.79. The number of aryl methyl sites for hydroxylation is 1. The first-order valence-electron chi connectivity index (χ1n) is 9.53. The molecule has 0 saturated carbocycles. The van der Waals surface area contributed by atoms with Crippen molar-refractivity contribution in [3.05, 3.63) is 59.7 Å². The van der Waals surface area contributed by atoms with Crippen LogP contribution in [0.3, 0.4) is 0 Å². The molecule has 0 fully saturated rings. The average Bonchev–Trinajstić information content (AvgIpc) is 2.99. The van der Waals surface area contributed by atoms with E-state index in [1.807, 2.05) is 24.3 Å². The molecule has 29 heavy (non-hydrogen) atoms. The molecule has 0 aromatic heterocycles. The van der Waals surface area contributed by atoms with Crippen LogP contribution in [-0.2, 0) is 26.0 Å². The number of sulfonamides is 1. The predicted octanol–water partition coefficient (Wildman–Crippen LogP) is 2.69. The Morgan fingerprint density at radius 1 is 1.10 bits per heavy atom. The van der Waals surface area contributed by atoms with Crippen LogP contribution < -0.4 is 9.46 Å². The molecule has 1 N–H and O–H groups in total. The normalized spacial score (nSPS) is 15.6. The summed E-state index contributed by atoms with van der Waals surface area (Å²) in [6, 6.07) is 14.5. The highest BCUT2D eigenvalue weighted by molar-refractivity contribution is 7.90. The predicted molar refractivity (Wildman–Crippen MR) is 110 cm³/mol. The van der Waals surface area contributed by atoms with Gasteiger partial charge < -0.3 is 9.47 Å². The molecule has 8 heteroatoms. The van der Waals surface area contributed by atoms with Crippen LogP contribution in [0.5, 0.6) is 5.75 Å². The van der Waals surface area contributed by atoms with Crippen LogP contribution in [0, 0.1) is 0 Å². The number of carbonyl (C=O) groups excluding carboxylic acids is 1. The van der Waals surface area contributed by atoms with Crippen LogP contribution in [0.25, 0.3) is 0 Å². The molecule has 0 spiro atoms. The summed E-state index contributed by atoms with van der Waals surface area (Å²) in [6.07, 6.45) is 1.60. The van der Waals surface area contributed by atoms with E-state index in [0.717, 1.165) is 12.2 Å². The van der Waals surface area contributed by atoms with Crippen molar-refractivity contribution >= 4 is 21.8 Å². The second-order valence-corrected chi connectivity index (χ2v) is 8.16. The van der Waals surface area contributed by atoms with Crippen molar-refractivity contribution in [3.8, 4) is 5.75 Å². The van der Waals surface area contributed by atoms with E-state index in [1.54, 1.807) is 18.2 Å². The highest BCUT2D eigenvalue weighted by atomic mass is 32.2. The summed E-state index contributed by atoms with van der Waals surface area (Å²) in [4.78, 5) is 16.3. The third-order valence-electron chi connectivity index (χ3n) is 4.39. The maximum Gasteiger partial charge on any atom is 0.305 e. The van der Waals surface area contributed by atoms with Crippen molar-refractivity contribution in [3.63, 3.8) is 0 Å². The van der Waals surface area contributed by atoms with Crippen LogP contribution in [0.2, 0.25) is 0 Å². The minimum atomic E-state index is -3.54. The van der Waals surface area contributed by atoms with Gasteiger partial charge in [-0.15, -0.1) is 0 Å². The van der Waals surface area contributed by atoms with Crippen LogP contribution in [0.15, 0.2) is 58.4 Å².